The van der Waals surface area contributed by atoms with E-state index in [4.69, 9.17) is 86.3 Å². The number of urea groups is 2. The number of phosphoric ester groups is 1. The molecule has 1 aliphatic carbocycles. The molecule has 3 aliphatic heterocycles. The maximum absolute atomic E-state index is 13.0. The number of benzene rings is 3. The lowest BCUT2D eigenvalue weighted by Crippen LogP contribution is -2.54. The topological polar surface area (TPSA) is 503 Å². The van der Waals surface area contributed by atoms with Gasteiger partial charge in [-0.3, -0.25) is 14.8 Å². The Morgan fingerprint density at radius 3 is 2.32 bits per heavy atom. The predicted octanol–water partition coefficient (Wildman–Crippen LogP) is 1.62. The number of hydrogen-bond donors (Lipinski definition) is 12. The predicted molar refractivity (Wildman–Crippen MR) is 320 cm³/mol. The molecule has 0 saturated carbocycles. The third kappa shape index (κ3) is 26.3. The van der Waals surface area contributed by atoms with E-state index in [1.54, 1.807) is 58.0 Å². The average Bonchev–Trinajstić information content (AvgIpc) is 1.13. The number of fused-ring (bicyclic) bond motifs is 2. The summed E-state index contributed by atoms with van der Waals surface area (Å²) >= 11 is 5.33. The molecule has 4 aliphatic rings. The van der Waals surface area contributed by atoms with Crippen LogP contribution in [0.15, 0.2) is 77.4 Å². The highest BCUT2D eigenvalue weighted by Crippen LogP contribution is 2.66. The Kier molecular flexibility index (Phi) is 30.3. The largest absolute Gasteiger partial charge is 0.490 e. The summed E-state index contributed by atoms with van der Waals surface area (Å²) in [6, 6.07) is 14.5. The Labute approximate surface area is 514 Å². The van der Waals surface area contributed by atoms with Crippen LogP contribution in [0.2, 0.25) is 0 Å². The van der Waals surface area contributed by atoms with Gasteiger partial charge < -0.3 is 76.0 Å². The maximum atomic E-state index is 13.0. The number of nitrogens with one attached hydrogen (secondary N) is 4. The molecule has 478 valence electrons. The fourth-order valence-corrected chi connectivity index (χ4v) is 13.0. The number of nitrogens with two attached hydrogens (primary N) is 3. The summed E-state index contributed by atoms with van der Waals surface area (Å²) in [5.74, 6) is 6.88. The SMILES string of the molecule is C=C(NCCSSCOCCCCCNC(=O)NCC#CC1=CN([C@H]2CC(OCS(=S)CC)[C@@H](COP(=O)(O)OP(=O)(O)OP(=O)(O)O)O2)C(=O)NC1N)c1ccc(C(=O)O)c(-c2c3ccc(=[NH2+])cc-3oc3cc(N)ccc23)c1.O=S(=O)=O.O=S(=O)=O. The van der Waals surface area contributed by atoms with Gasteiger partial charge in [-0.1, -0.05) is 62.5 Å². The Hall–Kier alpha value is -5.46. The van der Waals surface area contributed by atoms with E-state index in [1.807, 2.05) is 25.1 Å². The number of carboxylic acid groups (broad SMARTS) is 1. The third-order valence-corrected chi connectivity index (χ3v) is 19.3. The van der Waals surface area contributed by atoms with Crippen LogP contribution < -0.4 is 43.5 Å². The molecule has 6 rings (SSSR count). The Balaban J connectivity index is 0.00000190. The van der Waals surface area contributed by atoms with Crippen LogP contribution in [0.5, 0.6) is 0 Å². The first-order valence-corrected chi connectivity index (χ1v) is 36.4. The molecule has 0 bridgehead atoms. The molecule has 1 fully saturated rings. The highest BCUT2D eigenvalue weighted by molar-refractivity contribution is 8.76. The van der Waals surface area contributed by atoms with E-state index in [-0.39, 0.29) is 30.0 Å². The van der Waals surface area contributed by atoms with E-state index < -0.39 is 103 Å². The van der Waals surface area contributed by atoms with E-state index in [9.17, 15) is 43.0 Å². The van der Waals surface area contributed by atoms with Crippen molar-refractivity contribution in [3.05, 3.63) is 89.4 Å². The molecule has 32 nitrogen and oxygen atoms in total. The highest BCUT2D eigenvalue weighted by Gasteiger charge is 2.45. The smallest absolute Gasteiger partial charge is 0.478 e. The average molecular weight is 1390 g/mol. The van der Waals surface area contributed by atoms with Gasteiger partial charge in [0.15, 0.2) is 5.36 Å². The Morgan fingerprint density at radius 1 is 0.931 bits per heavy atom. The van der Waals surface area contributed by atoms with Crippen LogP contribution >= 0.6 is 45.1 Å². The minimum absolute atomic E-state index is 0.0225. The van der Waals surface area contributed by atoms with Crippen molar-refractivity contribution >= 4 is 127 Å². The lowest BCUT2D eigenvalue weighted by Gasteiger charge is -2.32. The zero-order chi connectivity index (χ0) is 64.6. The van der Waals surface area contributed by atoms with Crippen molar-refractivity contribution in [2.45, 2.75) is 57.2 Å². The van der Waals surface area contributed by atoms with Crippen LogP contribution in [0.3, 0.4) is 0 Å². The molecule has 3 heterocycles. The number of carbonyl (C=O) groups is 3. The van der Waals surface area contributed by atoms with Crippen molar-refractivity contribution in [1.29, 1.82) is 0 Å². The van der Waals surface area contributed by atoms with Crippen molar-refractivity contribution in [2.24, 2.45) is 5.73 Å². The summed E-state index contributed by atoms with van der Waals surface area (Å²) in [4.78, 5) is 76.1. The zero-order valence-corrected chi connectivity index (χ0v) is 53.0. The molecular weight excluding hydrogens is 1330 g/mol. The summed E-state index contributed by atoms with van der Waals surface area (Å²) in [7, 11) is -20.5. The highest BCUT2D eigenvalue weighted by atomic mass is 33.1. The second-order valence-electron chi connectivity index (χ2n) is 17.5. The summed E-state index contributed by atoms with van der Waals surface area (Å²) in [6.45, 7) is 6.71. The molecule has 4 amide bonds. The summed E-state index contributed by atoms with van der Waals surface area (Å²) in [6.07, 6.45) is -0.602. The van der Waals surface area contributed by atoms with Gasteiger partial charge >= 0.3 is 62.7 Å². The molecule has 15 N–H and O–H groups in total. The number of carboxylic acids is 1. The minimum atomic E-state index is -5.78. The van der Waals surface area contributed by atoms with E-state index in [2.05, 4.69) is 48.3 Å². The monoisotopic (exact) mass is 1390 g/mol. The van der Waals surface area contributed by atoms with Crippen LogP contribution in [-0.4, -0.2) is 154 Å². The molecule has 2 aromatic rings. The van der Waals surface area contributed by atoms with E-state index in [1.165, 1.54) is 6.20 Å². The third-order valence-electron chi connectivity index (χ3n) is 11.4. The van der Waals surface area contributed by atoms with Crippen LogP contribution in [0.25, 0.3) is 39.1 Å². The normalized spacial score (nSPS) is 18.1. The number of anilines is 1. The van der Waals surface area contributed by atoms with Crippen molar-refractivity contribution in [3.8, 4) is 34.3 Å². The first kappa shape index (κ1) is 74.0. The molecule has 0 aromatic heterocycles. The summed E-state index contributed by atoms with van der Waals surface area (Å²) in [5, 5.41) is 28.7. The molecular formula is C46H60N8O24P3S6+. The van der Waals surface area contributed by atoms with Gasteiger partial charge in [0.2, 0.25) is 0 Å². The van der Waals surface area contributed by atoms with Gasteiger partial charge in [0.25, 0.3) is 0 Å². The van der Waals surface area contributed by atoms with E-state index >= 15 is 0 Å². The Bertz CT molecular complexity index is 3630. The fourth-order valence-electron chi connectivity index (χ4n) is 7.72. The standard InChI is InChI=1S/C46H59N8O18P3S4.2O3S/c1-3-79(76)27-67-39-23-41(70-40(39)25-68-74(62,63)72-75(64,65)71-73(59,60)61)54-24-30(43(49)53-46(54)58)8-7-16-52-45(57)51-15-5-4-6-18-66-26-78-77-19-17-50-28(2)29-9-12-33(44(55)56)36(20-29)42-34-13-10-31(47)21-37(34)69-38-22-32(48)11-14-35(38)42;2*1-4(2)3/h9-14,20-22,24,39-41,43,47,50H,2-6,15-19,23,25-27,48-49H2,1H3,(H,53,58)(H,55,56)(H,62,63)(H,64,65)(H2,51,52,57)(H2,59,60,61);;/p+1/t39?,40-,41-,43?,79?;;/m1../s1. The number of unbranched alkanes of at least 4 members (excludes halogenated alkanes) is 2. The lowest BCUT2D eigenvalue weighted by atomic mass is 9.89. The van der Waals surface area contributed by atoms with Crippen molar-refractivity contribution in [1.82, 2.24) is 26.2 Å². The molecule has 87 heavy (non-hydrogen) atoms. The molecule has 5 unspecified atom stereocenters. The van der Waals surface area contributed by atoms with Crippen LogP contribution in [0.4, 0.5) is 15.3 Å². The van der Waals surface area contributed by atoms with Crippen LogP contribution in [0, 0.1) is 11.8 Å². The lowest BCUT2D eigenvalue weighted by molar-refractivity contribution is -0.172. The molecule has 7 atom stereocenters. The molecule has 1 saturated heterocycles. The van der Waals surface area contributed by atoms with Crippen molar-refractivity contribution in [3.63, 3.8) is 0 Å². The molecule has 2 aromatic carbocycles. The molecule has 0 spiro atoms. The number of aromatic carboxylic acids is 1. The number of carbonyl (C=O) groups excluding carboxylic acids is 2. The Morgan fingerprint density at radius 2 is 1.64 bits per heavy atom. The number of nitrogen functional groups attached to an aromatic ring is 1. The van der Waals surface area contributed by atoms with Gasteiger partial charge in [0, 0.05) is 78.1 Å². The van der Waals surface area contributed by atoms with Gasteiger partial charge in [0.05, 0.1) is 42.4 Å². The van der Waals surface area contributed by atoms with E-state index in [0.717, 1.165) is 29.1 Å². The van der Waals surface area contributed by atoms with Gasteiger partial charge in [0.1, 0.15) is 35.8 Å². The van der Waals surface area contributed by atoms with Gasteiger partial charge in [-0.25, -0.2) is 28.1 Å². The number of rotatable bonds is 29. The quantitative estimate of drug-likeness (QED) is 0.00699. The number of phosphoric acid groups is 3. The van der Waals surface area contributed by atoms with Crippen molar-refractivity contribution in [2.75, 3.05) is 62.0 Å². The molecule has 41 heteroatoms. The van der Waals surface area contributed by atoms with Crippen LogP contribution in [0.1, 0.15) is 48.5 Å². The van der Waals surface area contributed by atoms with Gasteiger partial charge in [-0.2, -0.15) is 8.62 Å². The number of hydrogen-bond acceptors (Lipinski definition) is 25. The van der Waals surface area contributed by atoms with Crippen LogP contribution in [-0.2, 0) is 82.9 Å². The number of amides is 4. The minimum Gasteiger partial charge on any atom is -0.478 e. The second kappa shape index (κ2) is 35.7. The van der Waals surface area contributed by atoms with Crippen molar-refractivity contribution < 1.29 is 115 Å². The van der Waals surface area contributed by atoms with Gasteiger partial charge in [-0.05, 0) is 77.7 Å². The van der Waals surface area contributed by atoms with Gasteiger partial charge in [-0.15, -0.1) is 25.3 Å². The first-order chi connectivity index (χ1) is 40.9. The maximum Gasteiger partial charge on any atom is 0.490 e. The second-order valence-corrected chi connectivity index (χ2v) is 28.4. The fraction of sp³-hybridized carbons (Fsp3) is 0.391. The summed E-state index contributed by atoms with van der Waals surface area (Å²) < 4.78 is 122. The zero-order valence-electron chi connectivity index (χ0n) is 45.4. The van der Waals surface area contributed by atoms with E-state index in [0.29, 0.717) is 88.0 Å². The number of ether oxygens (including phenoxy) is 3. The summed E-state index contributed by atoms with van der Waals surface area (Å²) in [5.41, 5.74) is 16.7. The number of nitrogens with zero attached hydrogens (tertiary/aromatic N) is 1. The first-order valence-electron chi connectivity index (χ1n) is 24.9. The molecule has 0 radical (unpaired) electrons.